The Morgan fingerprint density at radius 3 is 2.26 bits per heavy atom. The molecule has 0 fully saturated rings. The van der Waals surface area contributed by atoms with E-state index in [1.165, 1.54) is 0 Å². The van der Waals surface area contributed by atoms with Crippen LogP contribution >= 0.6 is 0 Å². The molecule has 0 aromatic heterocycles. The van der Waals surface area contributed by atoms with Gasteiger partial charge in [-0.2, -0.15) is 0 Å². The van der Waals surface area contributed by atoms with Gasteiger partial charge >= 0.3 is 11.9 Å². The van der Waals surface area contributed by atoms with E-state index in [4.69, 9.17) is 15.2 Å². The highest BCUT2D eigenvalue weighted by atomic mass is 16.5. The molecular formula is C18H19NO4. The molecule has 2 aromatic rings. The van der Waals surface area contributed by atoms with Gasteiger partial charge in [0.15, 0.2) is 0 Å². The maximum absolute atomic E-state index is 11.8. The topological polar surface area (TPSA) is 78.6 Å². The fourth-order valence-electron chi connectivity index (χ4n) is 1.99. The Bertz CT molecular complexity index is 662. The largest absolute Gasteiger partial charge is 0.462 e. The zero-order chi connectivity index (χ0) is 16.7. The van der Waals surface area contributed by atoms with E-state index in [0.29, 0.717) is 30.0 Å². The number of aryl methyl sites for hydroxylation is 1. The predicted octanol–water partition coefficient (Wildman–Crippen LogP) is 2.98. The van der Waals surface area contributed by atoms with Gasteiger partial charge < -0.3 is 15.2 Å². The lowest BCUT2D eigenvalue weighted by Gasteiger charge is -2.06. The van der Waals surface area contributed by atoms with Gasteiger partial charge in [0.25, 0.3) is 0 Å². The van der Waals surface area contributed by atoms with E-state index < -0.39 is 5.97 Å². The molecule has 2 aromatic carbocycles. The monoisotopic (exact) mass is 313 g/mol. The summed E-state index contributed by atoms with van der Waals surface area (Å²) < 4.78 is 10.1. The van der Waals surface area contributed by atoms with Crippen LogP contribution in [0.4, 0.5) is 5.69 Å². The third-order valence-electron chi connectivity index (χ3n) is 3.19. The number of anilines is 1. The molecule has 0 amide bonds. The predicted molar refractivity (Wildman–Crippen MR) is 87.2 cm³/mol. The van der Waals surface area contributed by atoms with Gasteiger partial charge in [0.1, 0.15) is 5.75 Å². The van der Waals surface area contributed by atoms with Crippen LogP contribution in [0.1, 0.15) is 29.3 Å². The van der Waals surface area contributed by atoms with Gasteiger partial charge in [-0.15, -0.1) is 0 Å². The van der Waals surface area contributed by atoms with E-state index in [-0.39, 0.29) is 12.4 Å². The second-order valence-corrected chi connectivity index (χ2v) is 4.96. The van der Waals surface area contributed by atoms with Crippen LogP contribution in [-0.4, -0.2) is 18.5 Å². The summed E-state index contributed by atoms with van der Waals surface area (Å²) in [5, 5.41) is 0. The molecule has 0 spiro atoms. The summed E-state index contributed by atoms with van der Waals surface area (Å²) in [7, 11) is 0. The molecule has 120 valence electrons. The zero-order valence-electron chi connectivity index (χ0n) is 13.0. The fourth-order valence-corrected chi connectivity index (χ4v) is 1.99. The van der Waals surface area contributed by atoms with Crippen LogP contribution in [0.5, 0.6) is 5.75 Å². The maximum Gasteiger partial charge on any atom is 0.338 e. The van der Waals surface area contributed by atoms with Gasteiger partial charge in [-0.1, -0.05) is 12.1 Å². The van der Waals surface area contributed by atoms with Gasteiger partial charge in [0.05, 0.1) is 12.2 Å². The molecule has 5 heteroatoms. The highest BCUT2D eigenvalue weighted by Gasteiger charge is 2.09. The number of nitrogen functional groups attached to an aromatic ring is 1. The van der Waals surface area contributed by atoms with Crippen molar-refractivity contribution >= 4 is 17.6 Å². The molecule has 5 nitrogen and oxygen atoms in total. The van der Waals surface area contributed by atoms with E-state index in [9.17, 15) is 9.59 Å². The van der Waals surface area contributed by atoms with Crippen molar-refractivity contribution in [2.45, 2.75) is 19.8 Å². The van der Waals surface area contributed by atoms with E-state index in [1.54, 1.807) is 43.3 Å². The van der Waals surface area contributed by atoms with Crippen LogP contribution in [0.15, 0.2) is 48.5 Å². The Kier molecular flexibility index (Phi) is 5.74. The van der Waals surface area contributed by atoms with Gasteiger partial charge in [-0.3, -0.25) is 4.79 Å². The minimum atomic E-state index is -0.395. The van der Waals surface area contributed by atoms with E-state index in [1.807, 2.05) is 12.1 Å². The smallest absolute Gasteiger partial charge is 0.338 e. The van der Waals surface area contributed by atoms with Crippen LogP contribution in [0, 0.1) is 0 Å². The number of esters is 2. The first-order valence-electron chi connectivity index (χ1n) is 7.40. The number of hydrogen-bond acceptors (Lipinski definition) is 5. The third kappa shape index (κ3) is 5.14. The molecule has 2 N–H and O–H groups in total. The van der Waals surface area contributed by atoms with Crippen molar-refractivity contribution in [2.75, 3.05) is 12.3 Å². The molecule has 0 saturated heterocycles. The van der Waals surface area contributed by atoms with Crippen LogP contribution < -0.4 is 10.5 Å². The number of rotatable bonds is 6. The SMILES string of the molecule is CCOC(=O)c1ccc(OC(=O)CCc2ccc(N)cc2)cc1. The van der Waals surface area contributed by atoms with Crippen molar-refractivity contribution in [2.24, 2.45) is 0 Å². The van der Waals surface area contributed by atoms with Crippen molar-refractivity contribution in [1.29, 1.82) is 0 Å². The van der Waals surface area contributed by atoms with Gasteiger partial charge in [0, 0.05) is 12.1 Å². The number of nitrogens with two attached hydrogens (primary N) is 1. The number of hydrogen-bond donors (Lipinski definition) is 1. The van der Waals surface area contributed by atoms with Crippen LogP contribution in [-0.2, 0) is 16.0 Å². The number of ether oxygens (including phenoxy) is 2. The molecule has 0 saturated carbocycles. The molecule has 23 heavy (non-hydrogen) atoms. The lowest BCUT2D eigenvalue weighted by Crippen LogP contribution is -2.09. The Balaban J connectivity index is 1.85. The summed E-state index contributed by atoms with van der Waals surface area (Å²) in [6, 6.07) is 13.7. The first-order chi connectivity index (χ1) is 11.1. The van der Waals surface area contributed by atoms with Gasteiger partial charge in [-0.05, 0) is 55.3 Å². The highest BCUT2D eigenvalue weighted by Crippen LogP contribution is 2.15. The summed E-state index contributed by atoms with van der Waals surface area (Å²) >= 11 is 0. The number of benzene rings is 2. The van der Waals surface area contributed by atoms with Crippen LogP contribution in [0.3, 0.4) is 0 Å². The average molecular weight is 313 g/mol. The van der Waals surface area contributed by atoms with Crippen LogP contribution in [0.2, 0.25) is 0 Å². The molecule has 0 heterocycles. The Hall–Kier alpha value is -2.82. The highest BCUT2D eigenvalue weighted by molar-refractivity contribution is 5.89. The Morgan fingerprint density at radius 2 is 1.65 bits per heavy atom. The second kappa shape index (κ2) is 7.98. The minimum Gasteiger partial charge on any atom is -0.462 e. The van der Waals surface area contributed by atoms with Gasteiger partial charge in [-0.25, -0.2) is 4.79 Å². The van der Waals surface area contributed by atoms with Crippen molar-refractivity contribution in [3.63, 3.8) is 0 Å². The molecule has 2 rings (SSSR count). The van der Waals surface area contributed by atoms with E-state index in [0.717, 1.165) is 5.56 Å². The molecule has 0 aliphatic carbocycles. The molecular weight excluding hydrogens is 294 g/mol. The van der Waals surface area contributed by atoms with Crippen molar-refractivity contribution < 1.29 is 19.1 Å². The fraction of sp³-hybridized carbons (Fsp3) is 0.222. The van der Waals surface area contributed by atoms with Crippen LogP contribution in [0.25, 0.3) is 0 Å². The molecule has 0 unspecified atom stereocenters. The molecule has 0 aliphatic heterocycles. The summed E-state index contributed by atoms with van der Waals surface area (Å²) in [5.74, 6) is -0.320. The summed E-state index contributed by atoms with van der Waals surface area (Å²) in [4.78, 5) is 23.4. The first-order valence-corrected chi connectivity index (χ1v) is 7.40. The van der Waals surface area contributed by atoms with Gasteiger partial charge in [0.2, 0.25) is 0 Å². The van der Waals surface area contributed by atoms with Crippen molar-refractivity contribution in [3.8, 4) is 5.75 Å². The zero-order valence-corrected chi connectivity index (χ0v) is 13.0. The van der Waals surface area contributed by atoms with Crippen molar-refractivity contribution in [1.82, 2.24) is 0 Å². The Morgan fingerprint density at radius 1 is 1.00 bits per heavy atom. The lowest BCUT2D eigenvalue weighted by atomic mass is 10.1. The average Bonchev–Trinajstić information content (AvgIpc) is 2.55. The third-order valence-corrected chi connectivity index (χ3v) is 3.19. The Labute approximate surface area is 135 Å². The number of carbonyl (C=O) groups excluding carboxylic acids is 2. The minimum absolute atomic E-state index is 0.267. The quantitative estimate of drug-likeness (QED) is 0.504. The lowest BCUT2D eigenvalue weighted by molar-refractivity contribution is -0.134. The summed E-state index contributed by atoms with van der Waals surface area (Å²) in [5.41, 5.74) is 7.75. The normalized spacial score (nSPS) is 10.1. The molecule has 0 bridgehead atoms. The molecule has 0 aliphatic rings. The number of carbonyl (C=O) groups is 2. The first kappa shape index (κ1) is 16.5. The van der Waals surface area contributed by atoms with E-state index >= 15 is 0 Å². The summed E-state index contributed by atoms with van der Waals surface area (Å²) in [6.07, 6.45) is 0.851. The molecule has 0 radical (unpaired) electrons. The second-order valence-electron chi connectivity index (χ2n) is 4.96. The maximum atomic E-state index is 11.8. The van der Waals surface area contributed by atoms with E-state index in [2.05, 4.69) is 0 Å². The molecule has 0 atom stereocenters. The van der Waals surface area contributed by atoms with Crippen molar-refractivity contribution in [3.05, 3.63) is 59.7 Å². The summed E-state index contributed by atoms with van der Waals surface area (Å²) in [6.45, 7) is 2.07. The standard InChI is InChI=1S/C18H19NO4/c1-2-22-18(21)14-6-10-16(11-7-14)23-17(20)12-5-13-3-8-15(19)9-4-13/h3-4,6-11H,2,5,12,19H2,1H3.